The number of hydrogen-bond acceptors (Lipinski definition) is 4. The minimum Gasteiger partial charge on any atom is -0.483 e. The number of pyridine rings is 2. The molecule has 1 aliphatic carbocycles. The molecule has 0 aromatic carbocycles. The standard InChI is InChI=1S/C17H19N3O2/c21-17(20-11-13-4-3-8-18-10-13)12-22-16-7-9-19-15-6-2-1-5-14(15)16/h3-4,7-10H,1-2,5-6,11-12H2,(H,20,21). The molecular formula is C17H19N3O2. The number of carbonyl (C=O) groups is 1. The Balaban J connectivity index is 1.53. The van der Waals surface area contributed by atoms with Gasteiger partial charge in [0.2, 0.25) is 0 Å². The van der Waals surface area contributed by atoms with Gasteiger partial charge in [0, 0.05) is 36.4 Å². The highest BCUT2D eigenvalue weighted by molar-refractivity contribution is 5.77. The number of fused-ring (bicyclic) bond motifs is 1. The molecule has 22 heavy (non-hydrogen) atoms. The van der Waals surface area contributed by atoms with E-state index in [1.807, 2.05) is 18.2 Å². The van der Waals surface area contributed by atoms with Gasteiger partial charge in [-0.25, -0.2) is 0 Å². The zero-order chi connectivity index (χ0) is 15.2. The normalized spacial score (nSPS) is 13.3. The topological polar surface area (TPSA) is 64.1 Å². The van der Waals surface area contributed by atoms with Crippen molar-refractivity contribution in [1.82, 2.24) is 15.3 Å². The lowest BCUT2D eigenvalue weighted by Crippen LogP contribution is -2.28. The molecule has 0 saturated carbocycles. The molecule has 114 valence electrons. The smallest absolute Gasteiger partial charge is 0.258 e. The first kappa shape index (κ1) is 14.5. The van der Waals surface area contributed by atoms with Crippen molar-refractivity contribution in [2.45, 2.75) is 32.2 Å². The van der Waals surface area contributed by atoms with Crippen molar-refractivity contribution in [3.05, 3.63) is 53.6 Å². The molecule has 0 bridgehead atoms. The number of carbonyl (C=O) groups excluding carboxylic acids is 1. The van der Waals surface area contributed by atoms with Crippen LogP contribution in [0.1, 0.15) is 29.7 Å². The molecule has 1 aliphatic rings. The van der Waals surface area contributed by atoms with Crippen molar-refractivity contribution in [2.24, 2.45) is 0 Å². The van der Waals surface area contributed by atoms with Gasteiger partial charge in [-0.15, -0.1) is 0 Å². The Hall–Kier alpha value is -2.43. The van der Waals surface area contributed by atoms with E-state index in [0.29, 0.717) is 6.54 Å². The third-order valence-corrected chi connectivity index (χ3v) is 3.76. The summed E-state index contributed by atoms with van der Waals surface area (Å²) in [6.07, 6.45) is 9.52. The minimum atomic E-state index is -0.134. The fraction of sp³-hybridized carbons (Fsp3) is 0.353. The van der Waals surface area contributed by atoms with E-state index < -0.39 is 0 Å². The van der Waals surface area contributed by atoms with Crippen LogP contribution in [0.2, 0.25) is 0 Å². The van der Waals surface area contributed by atoms with Gasteiger partial charge in [0.15, 0.2) is 6.61 Å². The summed E-state index contributed by atoms with van der Waals surface area (Å²) in [7, 11) is 0. The predicted octanol–water partition coefficient (Wildman–Crippen LogP) is 2.05. The van der Waals surface area contributed by atoms with Gasteiger partial charge in [-0.1, -0.05) is 6.07 Å². The SMILES string of the molecule is O=C(COc1ccnc2c1CCCC2)NCc1cccnc1. The number of aryl methyl sites for hydroxylation is 1. The lowest BCUT2D eigenvalue weighted by atomic mass is 9.95. The second-order valence-electron chi connectivity index (χ2n) is 5.37. The largest absolute Gasteiger partial charge is 0.483 e. The quantitative estimate of drug-likeness (QED) is 0.917. The third kappa shape index (κ3) is 3.61. The molecule has 0 spiro atoms. The summed E-state index contributed by atoms with van der Waals surface area (Å²) in [5.41, 5.74) is 3.24. The summed E-state index contributed by atoms with van der Waals surface area (Å²) in [4.78, 5) is 20.3. The van der Waals surface area contributed by atoms with Crippen molar-refractivity contribution in [2.75, 3.05) is 6.61 Å². The van der Waals surface area contributed by atoms with Crippen LogP contribution in [0.4, 0.5) is 0 Å². The molecule has 5 nitrogen and oxygen atoms in total. The Morgan fingerprint density at radius 1 is 1.23 bits per heavy atom. The highest BCUT2D eigenvalue weighted by Crippen LogP contribution is 2.27. The Labute approximate surface area is 129 Å². The highest BCUT2D eigenvalue weighted by Gasteiger charge is 2.15. The van der Waals surface area contributed by atoms with E-state index >= 15 is 0 Å². The van der Waals surface area contributed by atoms with E-state index in [9.17, 15) is 4.79 Å². The molecule has 0 fully saturated rings. The first-order valence-electron chi connectivity index (χ1n) is 7.58. The van der Waals surface area contributed by atoms with E-state index in [0.717, 1.165) is 41.8 Å². The van der Waals surface area contributed by atoms with Crippen LogP contribution in [-0.4, -0.2) is 22.5 Å². The van der Waals surface area contributed by atoms with Crippen molar-refractivity contribution in [3.63, 3.8) is 0 Å². The van der Waals surface area contributed by atoms with Crippen molar-refractivity contribution >= 4 is 5.91 Å². The van der Waals surface area contributed by atoms with Gasteiger partial charge in [0.05, 0.1) is 0 Å². The van der Waals surface area contributed by atoms with Gasteiger partial charge in [0.25, 0.3) is 5.91 Å². The molecule has 2 heterocycles. The fourth-order valence-electron chi connectivity index (χ4n) is 2.63. The molecule has 0 saturated heterocycles. The van der Waals surface area contributed by atoms with E-state index in [1.54, 1.807) is 18.6 Å². The maximum atomic E-state index is 11.9. The Morgan fingerprint density at radius 2 is 2.14 bits per heavy atom. The van der Waals surface area contributed by atoms with E-state index in [-0.39, 0.29) is 12.5 Å². The van der Waals surface area contributed by atoms with Crippen LogP contribution in [0, 0.1) is 0 Å². The zero-order valence-corrected chi connectivity index (χ0v) is 12.4. The van der Waals surface area contributed by atoms with Gasteiger partial charge in [0.1, 0.15) is 5.75 Å². The summed E-state index contributed by atoms with van der Waals surface area (Å²) >= 11 is 0. The van der Waals surface area contributed by atoms with E-state index in [4.69, 9.17) is 4.74 Å². The van der Waals surface area contributed by atoms with Crippen LogP contribution in [0.3, 0.4) is 0 Å². The maximum absolute atomic E-state index is 11.9. The van der Waals surface area contributed by atoms with Crippen molar-refractivity contribution < 1.29 is 9.53 Å². The molecule has 0 atom stereocenters. The number of nitrogens with one attached hydrogen (secondary N) is 1. The first-order chi connectivity index (χ1) is 10.8. The third-order valence-electron chi connectivity index (χ3n) is 3.76. The molecule has 0 radical (unpaired) electrons. The van der Waals surface area contributed by atoms with Crippen LogP contribution in [0.15, 0.2) is 36.8 Å². The maximum Gasteiger partial charge on any atom is 0.258 e. The average molecular weight is 297 g/mol. The molecule has 2 aromatic rings. The number of nitrogens with zero attached hydrogens (tertiary/aromatic N) is 2. The molecule has 5 heteroatoms. The average Bonchev–Trinajstić information content (AvgIpc) is 2.59. The molecule has 1 N–H and O–H groups in total. The second-order valence-corrected chi connectivity index (χ2v) is 5.37. The molecule has 0 aliphatic heterocycles. The lowest BCUT2D eigenvalue weighted by Gasteiger charge is -2.18. The number of ether oxygens (including phenoxy) is 1. The van der Waals surface area contributed by atoms with Crippen LogP contribution in [0.25, 0.3) is 0 Å². The molecule has 0 unspecified atom stereocenters. The molecule has 3 rings (SSSR count). The number of rotatable bonds is 5. The van der Waals surface area contributed by atoms with Gasteiger partial charge in [-0.2, -0.15) is 0 Å². The van der Waals surface area contributed by atoms with Gasteiger partial charge in [-0.05, 0) is 43.4 Å². The summed E-state index contributed by atoms with van der Waals surface area (Å²) in [5, 5.41) is 2.83. The Bertz CT molecular complexity index is 644. The fourth-order valence-corrected chi connectivity index (χ4v) is 2.63. The van der Waals surface area contributed by atoms with Crippen molar-refractivity contribution in [1.29, 1.82) is 0 Å². The molecule has 2 aromatic heterocycles. The first-order valence-corrected chi connectivity index (χ1v) is 7.58. The minimum absolute atomic E-state index is 0.0245. The summed E-state index contributed by atoms with van der Waals surface area (Å²) in [6.45, 7) is 0.487. The zero-order valence-electron chi connectivity index (χ0n) is 12.4. The highest BCUT2D eigenvalue weighted by atomic mass is 16.5. The summed E-state index contributed by atoms with van der Waals surface area (Å²) in [6, 6.07) is 5.62. The van der Waals surface area contributed by atoms with Crippen LogP contribution in [-0.2, 0) is 24.2 Å². The van der Waals surface area contributed by atoms with Crippen LogP contribution >= 0.6 is 0 Å². The molecular weight excluding hydrogens is 278 g/mol. The Kier molecular flexibility index (Phi) is 4.63. The van der Waals surface area contributed by atoms with Gasteiger partial charge < -0.3 is 10.1 Å². The second kappa shape index (κ2) is 7.02. The number of hydrogen-bond donors (Lipinski definition) is 1. The van der Waals surface area contributed by atoms with Crippen LogP contribution in [0.5, 0.6) is 5.75 Å². The van der Waals surface area contributed by atoms with Gasteiger partial charge >= 0.3 is 0 Å². The van der Waals surface area contributed by atoms with Crippen molar-refractivity contribution in [3.8, 4) is 5.75 Å². The van der Waals surface area contributed by atoms with E-state index in [2.05, 4.69) is 15.3 Å². The van der Waals surface area contributed by atoms with Gasteiger partial charge in [-0.3, -0.25) is 14.8 Å². The predicted molar refractivity (Wildman–Crippen MR) is 82.5 cm³/mol. The Morgan fingerprint density at radius 3 is 3.00 bits per heavy atom. The molecule has 1 amide bonds. The van der Waals surface area contributed by atoms with Crippen LogP contribution < -0.4 is 10.1 Å². The van der Waals surface area contributed by atoms with E-state index in [1.165, 1.54) is 6.42 Å². The number of aromatic nitrogens is 2. The summed E-state index contributed by atoms with van der Waals surface area (Å²) < 4.78 is 5.69. The number of amides is 1. The lowest BCUT2D eigenvalue weighted by molar-refractivity contribution is -0.123. The summed E-state index contributed by atoms with van der Waals surface area (Å²) in [5.74, 6) is 0.659. The monoisotopic (exact) mass is 297 g/mol.